The second-order valence-corrected chi connectivity index (χ2v) is 8.02. The standard InChI is InChI=1S/C22H28N4O3/c1-24(2)10-9-23-21(27)17-14-16-6-3-4-7-18(16)26-12-11-25(15-19(17)26)22(28)20-8-5-13-29-20/h3-8,13,17,19H,9-12,14-15H2,1-2H3,(H,23,27). The summed E-state index contributed by atoms with van der Waals surface area (Å²) in [5.74, 6) is 0.102. The van der Waals surface area contributed by atoms with E-state index >= 15 is 0 Å². The van der Waals surface area contributed by atoms with E-state index in [9.17, 15) is 9.59 Å². The molecular weight excluding hydrogens is 368 g/mol. The van der Waals surface area contributed by atoms with E-state index in [4.69, 9.17) is 4.42 Å². The van der Waals surface area contributed by atoms with Crippen LogP contribution in [0.5, 0.6) is 0 Å². The van der Waals surface area contributed by atoms with Crippen molar-refractivity contribution in [3.05, 3.63) is 54.0 Å². The van der Waals surface area contributed by atoms with E-state index in [0.717, 1.165) is 6.54 Å². The predicted octanol–water partition coefficient (Wildman–Crippen LogP) is 1.46. The third-order valence-electron chi connectivity index (χ3n) is 5.84. The van der Waals surface area contributed by atoms with Crippen molar-refractivity contribution in [2.75, 3.05) is 51.7 Å². The molecule has 0 radical (unpaired) electrons. The Morgan fingerprint density at radius 3 is 2.76 bits per heavy atom. The number of piperazine rings is 1. The normalized spacial score (nSPS) is 20.9. The minimum Gasteiger partial charge on any atom is -0.459 e. The fourth-order valence-electron chi connectivity index (χ4n) is 4.33. The fourth-order valence-corrected chi connectivity index (χ4v) is 4.33. The second kappa shape index (κ2) is 8.29. The monoisotopic (exact) mass is 396 g/mol. The van der Waals surface area contributed by atoms with Crippen LogP contribution >= 0.6 is 0 Å². The first-order chi connectivity index (χ1) is 14.0. The van der Waals surface area contributed by atoms with E-state index in [1.54, 1.807) is 12.1 Å². The average molecular weight is 396 g/mol. The number of hydrogen-bond donors (Lipinski definition) is 1. The van der Waals surface area contributed by atoms with Crippen LogP contribution in [-0.2, 0) is 11.2 Å². The minimum atomic E-state index is -0.195. The van der Waals surface area contributed by atoms with E-state index in [2.05, 4.69) is 22.3 Å². The number of amides is 2. The number of fused-ring (bicyclic) bond motifs is 3. The van der Waals surface area contributed by atoms with Gasteiger partial charge in [0.25, 0.3) is 5.91 Å². The molecule has 154 valence electrons. The topological polar surface area (TPSA) is 69.0 Å². The Kier molecular flexibility index (Phi) is 5.58. The third-order valence-corrected chi connectivity index (χ3v) is 5.84. The molecule has 2 aliphatic rings. The van der Waals surface area contributed by atoms with Gasteiger partial charge in [-0.3, -0.25) is 9.59 Å². The number of carbonyl (C=O) groups is 2. The molecule has 1 aromatic heterocycles. The number of carbonyl (C=O) groups excluding carboxylic acids is 2. The molecule has 0 spiro atoms. The van der Waals surface area contributed by atoms with Gasteiger partial charge >= 0.3 is 0 Å². The molecule has 7 nitrogen and oxygen atoms in total. The molecule has 2 unspecified atom stereocenters. The molecule has 4 rings (SSSR count). The molecule has 2 aliphatic heterocycles. The van der Waals surface area contributed by atoms with Gasteiger partial charge in [0.1, 0.15) is 0 Å². The maximum atomic E-state index is 13.1. The summed E-state index contributed by atoms with van der Waals surface area (Å²) in [5.41, 5.74) is 2.38. The highest BCUT2D eigenvalue weighted by Crippen LogP contribution is 2.36. The summed E-state index contributed by atoms with van der Waals surface area (Å²) < 4.78 is 5.30. The van der Waals surface area contributed by atoms with Crippen LogP contribution in [0.25, 0.3) is 0 Å². The maximum Gasteiger partial charge on any atom is 0.289 e. The minimum absolute atomic E-state index is 0.0445. The average Bonchev–Trinajstić information content (AvgIpc) is 3.26. The summed E-state index contributed by atoms with van der Waals surface area (Å²) in [6.07, 6.45) is 2.20. The van der Waals surface area contributed by atoms with Crippen LogP contribution in [-0.4, -0.2) is 74.5 Å². The van der Waals surface area contributed by atoms with Gasteiger partial charge in [-0.1, -0.05) is 18.2 Å². The first kappa shape index (κ1) is 19.5. The van der Waals surface area contributed by atoms with Gasteiger partial charge in [-0.15, -0.1) is 0 Å². The zero-order valence-electron chi connectivity index (χ0n) is 17.0. The largest absolute Gasteiger partial charge is 0.459 e. The quantitative estimate of drug-likeness (QED) is 0.829. The number of anilines is 1. The molecule has 2 aromatic rings. The van der Waals surface area contributed by atoms with Crippen LogP contribution in [0.15, 0.2) is 47.1 Å². The number of para-hydroxylation sites is 1. The Hall–Kier alpha value is -2.80. The highest BCUT2D eigenvalue weighted by Gasteiger charge is 2.42. The lowest BCUT2D eigenvalue weighted by Crippen LogP contribution is -2.62. The predicted molar refractivity (Wildman–Crippen MR) is 111 cm³/mol. The summed E-state index contributed by atoms with van der Waals surface area (Å²) in [4.78, 5) is 32.1. The van der Waals surface area contributed by atoms with Crippen molar-refractivity contribution in [3.8, 4) is 0 Å². The molecule has 7 heteroatoms. The van der Waals surface area contributed by atoms with Crippen LogP contribution in [0.2, 0.25) is 0 Å². The number of nitrogens with zero attached hydrogens (tertiary/aromatic N) is 3. The SMILES string of the molecule is CN(C)CCNC(=O)C1Cc2ccccc2N2CCN(C(=O)c3ccco3)CC12. The van der Waals surface area contributed by atoms with E-state index in [-0.39, 0.29) is 23.8 Å². The highest BCUT2D eigenvalue weighted by atomic mass is 16.3. The number of hydrogen-bond acceptors (Lipinski definition) is 5. The van der Waals surface area contributed by atoms with Crippen LogP contribution in [0.1, 0.15) is 16.1 Å². The van der Waals surface area contributed by atoms with Gasteiger partial charge in [0.05, 0.1) is 18.2 Å². The number of rotatable bonds is 5. The summed E-state index contributed by atoms with van der Waals surface area (Å²) in [7, 11) is 3.98. The number of nitrogens with one attached hydrogen (secondary N) is 1. The molecule has 0 aliphatic carbocycles. The van der Waals surface area contributed by atoms with Gasteiger partial charge < -0.3 is 24.4 Å². The van der Waals surface area contributed by atoms with E-state index in [1.807, 2.05) is 36.0 Å². The summed E-state index contributed by atoms with van der Waals surface area (Å²) in [6.45, 7) is 3.24. The molecule has 2 atom stereocenters. The van der Waals surface area contributed by atoms with Crippen molar-refractivity contribution in [1.82, 2.24) is 15.1 Å². The zero-order chi connectivity index (χ0) is 20.4. The van der Waals surface area contributed by atoms with Gasteiger partial charge in [-0.05, 0) is 44.3 Å². The lowest BCUT2D eigenvalue weighted by atomic mass is 9.83. The Labute approximate surface area is 171 Å². The summed E-state index contributed by atoms with van der Waals surface area (Å²) in [6, 6.07) is 11.7. The van der Waals surface area contributed by atoms with Crippen molar-refractivity contribution in [2.45, 2.75) is 12.5 Å². The molecule has 29 heavy (non-hydrogen) atoms. The first-order valence-electron chi connectivity index (χ1n) is 10.1. The number of benzene rings is 1. The van der Waals surface area contributed by atoms with Gasteiger partial charge in [0, 0.05) is 38.4 Å². The molecule has 1 fully saturated rings. The summed E-state index contributed by atoms with van der Waals surface area (Å²) >= 11 is 0. The number of likely N-dealkylation sites (N-methyl/N-ethyl adjacent to an activating group) is 1. The van der Waals surface area contributed by atoms with Crippen molar-refractivity contribution in [3.63, 3.8) is 0 Å². The lowest BCUT2D eigenvalue weighted by Gasteiger charge is -2.48. The number of furan rings is 1. The maximum absolute atomic E-state index is 13.1. The molecule has 3 heterocycles. The molecule has 0 bridgehead atoms. The van der Waals surface area contributed by atoms with Crippen molar-refractivity contribution >= 4 is 17.5 Å². The summed E-state index contributed by atoms with van der Waals surface area (Å²) in [5, 5.41) is 3.09. The molecular formula is C22H28N4O3. The van der Waals surface area contributed by atoms with Gasteiger partial charge in [0.2, 0.25) is 5.91 Å². The van der Waals surface area contributed by atoms with Crippen molar-refractivity contribution in [1.29, 1.82) is 0 Å². The van der Waals surface area contributed by atoms with Crippen LogP contribution < -0.4 is 10.2 Å². The molecule has 1 aromatic carbocycles. The Morgan fingerprint density at radius 1 is 1.17 bits per heavy atom. The van der Waals surface area contributed by atoms with Crippen LogP contribution in [0.4, 0.5) is 5.69 Å². The van der Waals surface area contributed by atoms with Crippen LogP contribution in [0, 0.1) is 5.92 Å². The van der Waals surface area contributed by atoms with Gasteiger partial charge in [-0.25, -0.2) is 0 Å². The van der Waals surface area contributed by atoms with Crippen LogP contribution in [0.3, 0.4) is 0 Å². The first-order valence-corrected chi connectivity index (χ1v) is 10.1. The Balaban J connectivity index is 1.55. The Morgan fingerprint density at radius 2 is 2.00 bits per heavy atom. The van der Waals surface area contributed by atoms with Crippen molar-refractivity contribution in [2.24, 2.45) is 5.92 Å². The second-order valence-electron chi connectivity index (χ2n) is 8.02. The van der Waals surface area contributed by atoms with E-state index in [1.165, 1.54) is 17.5 Å². The zero-order valence-corrected chi connectivity index (χ0v) is 17.0. The van der Waals surface area contributed by atoms with Gasteiger partial charge in [0.15, 0.2) is 5.76 Å². The molecule has 1 N–H and O–H groups in total. The van der Waals surface area contributed by atoms with E-state index < -0.39 is 0 Å². The lowest BCUT2D eigenvalue weighted by molar-refractivity contribution is -0.126. The molecule has 2 amide bonds. The molecule has 1 saturated heterocycles. The highest BCUT2D eigenvalue weighted by molar-refractivity contribution is 5.92. The van der Waals surface area contributed by atoms with Crippen molar-refractivity contribution < 1.29 is 14.0 Å². The molecule has 0 saturated carbocycles. The fraction of sp³-hybridized carbons (Fsp3) is 0.455. The van der Waals surface area contributed by atoms with E-state index in [0.29, 0.717) is 38.4 Å². The third kappa shape index (κ3) is 4.00. The smallest absolute Gasteiger partial charge is 0.289 e. The Bertz CT molecular complexity index is 865. The van der Waals surface area contributed by atoms with Gasteiger partial charge in [-0.2, -0.15) is 0 Å².